The number of fused-ring (bicyclic) bond motifs is 1. The lowest BCUT2D eigenvalue weighted by molar-refractivity contribution is 0.575. The van der Waals surface area contributed by atoms with Crippen LogP contribution in [0.2, 0.25) is 0 Å². The molecular formula is C14H20N4. The molecule has 4 nitrogen and oxygen atoms in total. The van der Waals surface area contributed by atoms with Gasteiger partial charge in [-0.2, -0.15) is 0 Å². The standard InChI is InChI=1S/C14H20N4/c1-10-8-11(2)13-12(9-10)17(3)14(16-13)18-6-4-15-5-7-18/h8-9,15H,4-7H2,1-3H3. The first-order valence-electron chi connectivity index (χ1n) is 6.56. The van der Waals surface area contributed by atoms with E-state index in [0.717, 1.165) is 37.6 Å². The molecule has 1 aromatic heterocycles. The van der Waals surface area contributed by atoms with E-state index in [4.69, 9.17) is 4.98 Å². The Morgan fingerprint density at radius 3 is 2.61 bits per heavy atom. The molecule has 2 aromatic rings. The molecular weight excluding hydrogens is 224 g/mol. The zero-order valence-corrected chi connectivity index (χ0v) is 11.3. The summed E-state index contributed by atoms with van der Waals surface area (Å²) in [5, 5.41) is 3.38. The molecule has 0 unspecified atom stereocenters. The van der Waals surface area contributed by atoms with Gasteiger partial charge in [0.05, 0.1) is 11.0 Å². The topological polar surface area (TPSA) is 33.1 Å². The second-order valence-corrected chi connectivity index (χ2v) is 5.16. The number of aryl methyl sites for hydroxylation is 3. The van der Waals surface area contributed by atoms with E-state index in [1.807, 2.05) is 0 Å². The molecule has 0 aliphatic carbocycles. The fraction of sp³-hybridized carbons (Fsp3) is 0.500. The maximum absolute atomic E-state index is 4.84. The second-order valence-electron chi connectivity index (χ2n) is 5.16. The van der Waals surface area contributed by atoms with Gasteiger partial charge >= 0.3 is 0 Å². The van der Waals surface area contributed by atoms with Crippen LogP contribution in [-0.2, 0) is 7.05 Å². The summed E-state index contributed by atoms with van der Waals surface area (Å²) in [6, 6.07) is 4.43. The van der Waals surface area contributed by atoms with Gasteiger partial charge in [-0.25, -0.2) is 4.98 Å². The largest absolute Gasteiger partial charge is 0.340 e. The third-order valence-electron chi connectivity index (χ3n) is 3.70. The van der Waals surface area contributed by atoms with Gasteiger partial charge in [0.2, 0.25) is 5.95 Å². The summed E-state index contributed by atoms with van der Waals surface area (Å²) < 4.78 is 2.22. The summed E-state index contributed by atoms with van der Waals surface area (Å²) in [5.41, 5.74) is 4.94. The number of piperazine rings is 1. The van der Waals surface area contributed by atoms with Crippen molar-refractivity contribution in [3.63, 3.8) is 0 Å². The Morgan fingerprint density at radius 1 is 1.17 bits per heavy atom. The molecule has 96 valence electrons. The normalized spacial score (nSPS) is 16.5. The minimum Gasteiger partial charge on any atom is -0.340 e. The van der Waals surface area contributed by atoms with Crippen LogP contribution >= 0.6 is 0 Å². The maximum Gasteiger partial charge on any atom is 0.206 e. The molecule has 3 rings (SSSR count). The number of benzene rings is 1. The molecule has 1 aliphatic rings. The molecule has 1 N–H and O–H groups in total. The predicted molar refractivity (Wildman–Crippen MR) is 75.3 cm³/mol. The average molecular weight is 244 g/mol. The number of rotatable bonds is 1. The van der Waals surface area contributed by atoms with Gasteiger partial charge in [0.25, 0.3) is 0 Å². The van der Waals surface area contributed by atoms with Gasteiger partial charge in [-0.1, -0.05) is 6.07 Å². The highest BCUT2D eigenvalue weighted by molar-refractivity contribution is 5.82. The highest BCUT2D eigenvalue weighted by Gasteiger charge is 2.17. The van der Waals surface area contributed by atoms with Gasteiger partial charge in [0, 0.05) is 33.2 Å². The Hall–Kier alpha value is -1.55. The molecule has 0 bridgehead atoms. The third kappa shape index (κ3) is 1.77. The molecule has 1 fully saturated rings. The van der Waals surface area contributed by atoms with Gasteiger partial charge in [-0.3, -0.25) is 0 Å². The van der Waals surface area contributed by atoms with Crippen molar-refractivity contribution in [2.24, 2.45) is 7.05 Å². The van der Waals surface area contributed by atoms with Gasteiger partial charge < -0.3 is 14.8 Å². The molecule has 0 amide bonds. The number of hydrogen-bond donors (Lipinski definition) is 1. The zero-order chi connectivity index (χ0) is 12.7. The van der Waals surface area contributed by atoms with Crippen LogP contribution in [0.25, 0.3) is 11.0 Å². The summed E-state index contributed by atoms with van der Waals surface area (Å²) in [7, 11) is 2.12. The summed E-state index contributed by atoms with van der Waals surface area (Å²) in [6.07, 6.45) is 0. The van der Waals surface area contributed by atoms with E-state index in [2.05, 4.69) is 47.8 Å². The number of nitrogens with one attached hydrogen (secondary N) is 1. The average Bonchev–Trinajstić information content (AvgIpc) is 2.69. The third-order valence-corrected chi connectivity index (χ3v) is 3.70. The van der Waals surface area contributed by atoms with Crippen molar-refractivity contribution in [1.29, 1.82) is 0 Å². The Morgan fingerprint density at radius 2 is 1.89 bits per heavy atom. The van der Waals surface area contributed by atoms with Crippen LogP contribution in [0.3, 0.4) is 0 Å². The number of anilines is 1. The fourth-order valence-corrected chi connectivity index (χ4v) is 2.77. The summed E-state index contributed by atoms with van der Waals surface area (Å²) in [4.78, 5) is 7.20. The highest BCUT2D eigenvalue weighted by Crippen LogP contribution is 2.25. The molecule has 4 heteroatoms. The maximum atomic E-state index is 4.84. The van der Waals surface area contributed by atoms with Crippen molar-refractivity contribution in [3.8, 4) is 0 Å². The van der Waals surface area contributed by atoms with Crippen LogP contribution in [0.5, 0.6) is 0 Å². The van der Waals surface area contributed by atoms with Crippen molar-refractivity contribution in [2.45, 2.75) is 13.8 Å². The molecule has 0 saturated carbocycles. The van der Waals surface area contributed by atoms with Crippen LogP contribution < -0.4 is 10.2 Å². The minimum absolute atomic E-state index is 1.04. The Bertz CT molecular complexity index is 579. The molecule has 0 radical (unpaired) electrons. The Kier molecular flexibility index (Phi) is 2.74. The van der Waals surface area contributed by atoms with Crippen LogP contribution in [0, 0.1) is 13.8 Å². The van der Waals surface area contributed by atoms with Crippen molar-refractivity contribution in [1.82, 2.24) is 14.9 Å². The zero-order valence-electron chi connectivity index (χ0n) is 11.3. The van der Waals surface area contributed by atoms with Crippen LogP contribution in [-0.4, -0.2) is 35.7 Å². The summed E-state index contributed by atoms with van der Waals surface area (Å²) in [5.74, 6) is 1.10. The van der Waals surface area contributed by atoms with Crippen LogP contribution in [0.4, 0.5) is 5.95 Å². The van der Waals surface area contributed by atoms with Crippen LogP contribution in [0.1, 0.15) is 11.1 Å². The van der Waals surface area contributed by atoms with E-state index in [1.54, 1.807) is 0 Å². The Balaban J connectivity index is 2.13. The first kappa shape index (κ1) is 11.5. The quantitative estimate of drug-likeness (QED) is 0.827. The lowest BCUT2D eigenvalue weighted by Gasteiger charge is -2.28. The van der Waals surface area contributed by atoms with E-state index in [0.29, 0.717) is 0 Å². The van der Waals surface area contributed by atoms with Crippen molar-refractivity contribution < 1.29 is 0 Å². The monoisotopic (exact) mass is 244 g/mol. The first-order valence-corrected chi connectivity index (χ1v) is 6.56. The fourth-order valence-electron chi connectivity index (χ4n) is 2.77. The molecule has 1 aliphatic heterocycles. The van der Waals surface area contributed by atoms with Gasteiger partial charge in [0.15, 0.2) is 0 Å². The van der Waals surface area contributed by atoms with E-state index >= 15 is 0 Å². The second kappa shape index (κ2) is 4.28. The number of nitrogens with zero attached hydrogens (tertiary/aromatic N) is 3. The summed E-state index contributed by atoms with van der Waals surface area (Å²) in [6.45, 7) is 8.45. The van der Waals surface area contributed by atoms with E-state index in [1.165, 1.54) is 16.6 Å². The number of imidazole rings is 1. The summed E-state index contributed by atoms with van der Waals surface area (Å²) >= 11 is 0. The first-order chi connectivity index (χ1) is 8.66. The van der Waals surface area contributed by atoms with Crippen molar-refractivity contribution in [3.05, 3.63) is 23.3 Å². The Labute approximate surface area is 108 Å². The van der Waals surface area contributed by atoms with Gasteiger partial charge in [0.1, 0.15) is 0 Å². The lowest BCUT2D eigenvalue weighted by Crippen LogP contribution is -2.44. The molecule has 0 atom stereocenters. The lowest BCUT2D eigenvalue weighted by atomic mass is 10.1. The van der Waals surface area contributed by atoms with E-state index in [9.17, 15) is 0 Å². The molecule has 2 heterocycles. The van der Waals surface area contributed by atoms with Crippen molar-refractivity contribution in [2.75, 3.05) is 31.1 Å². The highest BCUT2D eigenvalue weighted by atomic mass is 15.3. The SMILES string of the molecule is Cc1cc(C)c2nc(N3CCNCC3)n(C)c2c1. The van der Waals surface area contributed by atoms with E-state index in [-0.39, 0.29) is 0 Å². The predicted octanol–water partition coefficient (Wildman–Crippen LogP) is 1.60. The van der Waals surface area contributed by atoms with Crippen molar-refractivity contribution >= 4 is 17.0 Å². The van der Waals surface area contributed by atoms with E-state index < -0.39 is 0 Å². The smallest absolute Gasteiger partial charge is 0.206 e. The molecule has 1 saturated heterocycles. The van der Waals surface area contributed by atoms with Gasteiger partial charge in [-0.15, -0.1) is 0 Å². The van der Waals surface area contributed by atoms with Gasteiger partial charge in [-0.05, 0) is 31.0 Å². The number of aromatic nitrogens is 2. The molecule has 1 aromatic carbocycles. The number of hydrogen-bond acceptors (Lipinski definition) is 3. The molecule has 0 spiro atoms. The van der Waals surface area contributed by atoms with Crippen LogP contribution in [0.15, 0.2) is 12.1 Å². The minimum atomic E-state index is 1.04. The molecule has 18 heavy (non-hydrogen) atoms.